The maximum absolute atomic E-state index is 6.08. The van der Waals surface area contributed by atoms with Gasteiger partial charge in [-0.3, -0.25) is 0 Å². The normalized spacial score (nSPS) is 10.8. The SMILES string of the molecule is Cc1nnc(CN(Cc2ccco2)c2cccc(Cl)c2)o1. The molecule has 6 heteroatoms. The maximum Gasteiger partial charge on any atom is 0.235 e. The van der Waals surface area contributed by atoms with Crippen LogP contribution >= 0.6 is 11.6 Å². The predicted molar refractivity (Wildman–Crippen MR) is 79.1 cm³/mol. The number of aryl methyl sites for hydroxylation is 1. The summed E-state index contributed by atoms with van der Waals surface area (Å²) in [5.41, 5.74) is 0.967. The predicted octanol–water partition coefficient (Wildman–Crippen LogP) is 3.83. The molecule has 0 unspecified atom stereocenters. The van der Waals surface area contributed by atoms with E-state index in [1.807, 2.05) is 36.4 Å². The minimum Gasteiger partial charge on any atom is -0.467 e. The van der Waals surface area contributed by atoms with E-state index in [1.54, 1.807) is 13.2 Å². The zero-order valence-corrected chi connectivity index (χ0v) is 12.2. The monoisotopic (exact) mass is 303 g/mol. The molecular weight excluding hydrogens is 290 g/mol. The lowest BCUT2D eigenvalue weighted by atomic mass is 10.2. The lowest BCUT2D eigenvalue weighted by Crippen LogP contribution is -2.22. The molecule has 21 heavy (non-hydrogen) atoms. The number of nitrogens with zero attached hydrogens (tertiary/aromatic N) is 3. The molecule has 0 saturated carbocycles. The maximum atomic E-state index is 6.08. The minimum absolute atomic E-state index is 0.488. The number of aromatic nitrogens is 2. The second-order valence-electron chi connectivity index (χ2n) is 4.63. The third kappa shape index (κ3) is 3.44. The van der Waals surface area contributed by atoms with Crippen LogP contribution < -0.4 is 4.90 Å². The number of hydrogen-bond acceptors (Lipinski definition) is 5. The molecule has 0 fully saturated rings. The van der Waals surface area contributed by atoms with Gasteiger partial charge in [-0.2, -0.15) is 0 Å². The van der Waals surface area contributed by atoms with Crippen LogP contribution in [0, 0.1) is 6.92 Å². The molecule has 2 aromatic heterocycles. The van der Waals surface area contributed by atoms with E-state index in [0.29, 0.717) is 29.9 Å². The van der Waals surface area contributed by atoms with Crippen LogP contribution in [-0.2, 0) is 13.1 Å². The molecule has 0 atom stereocenters. The Kier molecular flexibility index (Phi) is 3.92. The number of furan rings is 1. The van der Waals surface area contributed by atoms with E-state index in [1.165, 1.54) is 0 Å². The van der Waals surface area contributed by atoms with Gasteiger partial charge in [0.2, 0.25) is 11.8 Å². The van der Waals surface area contributed by atoms with Crippen molar-refractivity contribution in [3.8, 4) is 0 Å². The molecule has 0 saturated heterocycles. The second kappa shape index (κ2) is 6.01. The molecular formula is C15H14ClN3O2. The zero-order chi connectivity index (χ0) is 14.7. The van der Waals surface area contributed by atoms with Gasteiger partial charge in [0.15, 0.2) is 0 Å². The molecule has 108 valence electrons. The highest BCUT2D eigenvalue weighted by Gasteiger charge is 2.14. The van der Waals surface area contributed by atoms with Crippen molar-refractivity contribution < 1.29 is 8.83 Å². The summed E-state index contributed by atoms with van der Waals surface area (Å²) in [5, 5.41) is 8.58. The van der Waals surface area contributed by atoms with Crippen molar-refractivity contribution in [3.05, 3.63) is 65.2 Å². The Bertz CT molecular complexity index is 709. The van der Waals surface area contributed by atoms with Crippen LogP contribution in [-0.4, -0.2) is 10.2 Å². The molecule has 1 aromatic carbocycles. The molecule has 3 rings (SSSR count). The zero-order valence-electron chi connectivity index (χ0n) is 11.5. The number of rotatable bonds is 5. The van der Waals surface area contributed by atoms with Gasteiger partial charge in [0, 0.05) is 17.6 Å². The van der Waals surface area contributed by atoms with E-state index >= 15 is 0 Å². The summed E-state index contributed by atoms with van der Waals surface area (Å²) in [6, 6.07) is 11.4. The molecule has 0 radical (unpaired) electrons. The van der Waals surface area contributed by atoms with Crippen molar-refractivity contribution in [3.63, 3.8) is 0 Å². The Labute approximate surface area is 127 Å². The van der Waals surface area contributed by atoms with Gasteiger partial charge in [-0.05, 0) is 30.3 Å². The van der Waals surface area contributed by atoms with Crippen LogP contribution in [0.3, 0.4) is 0 Å². The molecule has 0 spiro atoms. The molecule has 0 N–H and O–H groups in total. The van der Waals surface area contributed by atoms with Crippen molar-refractivity contribution in [2.75, 3.05) is 4.90 Å². The third-order valence-corrected chi connectivity index (χ3v) is 3.23. The summed E-state index contributed by atoms with van der Waals surface area (Å²) in [6.07, 6.45) is 1.66. The van der Waals surface area contributed by atoms with Gasteiger partial charge in [0.25, 0.3) is 0 Å². The molecule has 0 amide bonds. The molecule has 0 bridgehead atoms. The Balaban J connectivity index is 1.86. The third-order valence-electron chi connectivity index (χ3n) is 2.99. The molecule has 0 aliphatic heterocycles. The summed E-state index contributed by atoms with van der Waals surface area (Å²) in [6.45, 7) is 2.85. The van der Waals surface area contributed by atoms with E-state index < -0.39 is 0 Å². The first kappa shape index (κ1) is 13.7. The van der Waals surface area contributed by atoms with Gasteiger partial charge < -0.3 is 13.7 Å². The number of anilines is 1. The van der Waals surface area contributed by atoms with Crippen LogP contribution in [0.1, 0.15) is 17.5 Å². The molecule has 0 aliphatic rings. The van der Waals surface area contributed by atoms with Crippen molar-refractivity contribution in [2.45, 2.75) is 20.0 Å². The van der Waals surface area contributed by atoms with Crippen LogP contribution in [0.4, 0.5) is 5.69 Å². The van der Waals surface area contributed by atoms with E-state index in [4.69, 9.17) is 20.4 Å². The Hall–Kier alpha value is -2.27. The smallest absolute Gasteiger partial charge is 0.235 e. The Morgan fingerprint density at radius 3 is 2.71 bits per heavy atom. The van der Waals surface area contributed by atoms with Crippen LogP contribution in [0.2, 0.25) is 5.02 Å². The van der Waals surface area contributed by atoms with E-state index in [9.17, 15) is 0 Å². The lowest BCUT2D eigenvalue weighted by Gasteiger charge is -2.22. The molecule has 5 nitrogen and oxygen atoms in total. The Morgan fingerprint density at radius 2 is 2.05 bits per heavy atom. The first-order valence-corrected chi connectivity index (χ1v) is 6.90. The summed E-state index contributed by atoms with van der Waals surface area (Å²) in [7, 11) is 0. The summed E-state index contributed by atoms with van der Waals surface area (Å²) in [5.74, 6) is 1.96. The molecule has 3 aromatic rings. The average molecular weight is 304 g/mol. The van der Waals surface area contributed by atoms with E-state index in [0.717, 1.165) is 11.4 Å². The first-order valence-electron chi connectivity index (χ1n) is 6.52. The van der Waals surface area contributed by atoms with Crippen molar-refractivity contribution in [1.29, 1.82) is 0 Å². The fourth-order valence-corrected chi connectivity index (χ4v) is 2.25. The summed E-state index contributed by atoms with van der Waals surface area (Å²) < 4.78 is 10.9. The minimum atomic E-state index is 0.488. The number of hydrogen-bond donors (Lipinski definition) is 0. The topological polar surface area (TPSA) is 55.3 Å². The van der Waals surface area contributed by atoms with Crippen LogP contribution in [0.5, 0.6) is 0 Å². The quantitative estimate of drug-likeness (QED) is 0.717. The van der Waals surface area contributed by atoms with Gasteiger partial charge >= 0.3 is 0 Å². The second-order valence-corrected chi connectivity index (χ2v) is 5.07. The number of benzene rings is 1. The van der Waals surface area contributed by atoms with Gasteiger partial charge in [0.1, 0.15) is 5.76 Å². The summed E-state index contributed by atoms with van der Waals surface area (Å²) >= 11 is 6.08. The molecule has 0 aliphatic carbocycles. The highest BCUT2D eigenvalue weighted by molar-refractivity contribution is 6.30. The fourth-order valence-electron chi connectivity index (χ4n) is 2.07. The van der Waals surface area contributed by atoms with E-state index in [2.05, 4.69) is 15.1 Å². The van der Waals surface area contributed by atoms with Crippen molar-refractivity contribution in [1.82, 2.24) is 10.2 Å². The number of halogens is 1. The van der Waals surface area contributed by atoms with Gasteiger partial charge in [-0.25, -0.2) is 0 Å². The average Bonchev–Trinajstić information content (AvgIpc) is 3.10. The van der Waals surface area contributed by atoms with Gasteiger partial charge in [0.05, 0.1) is 19.4 Å². The summed E-state index contributed by atoms with van der Waals surface area (Å²) in [4.78, 5) is 2.07. The first-order chi connectivity index (χ1) is 10.2. The van der Waals surface area contributed by atoms with Gasteiger partial charge in [-0.1, -0.05) is 17.7 Å². The Morgan fingerprint density at radius 1 is 1.14 bits per heavy atom. The van der Waals surface area contributed by atoms with E-state index in [-0.39, 0.29) is 0 Å². The van der Waals surface area contributed by atoms with Crippen molar-refractivity contribution in [2.24, 2.45) is 0 Å². The highest BCUT2D eigenvalue weighted by atomic mass is 35.5. The fraction of sp³-hybridized carbons (Fsp3) is 0.200. The highest BCUT2D eigenvalue weighted by Crippen LogP contribution is 2.23. The van der Waals surface area contributed by atoms with Crippen LogP contribution in [0.25, 0.3) is 0 Å². The largest absolute Gasteiger partial charge is 0.467 e. The van der Waals surface area contributed by atoms with Crippen molar-refractivity contribution >= 4 is 17.3 Å². The molecule has 2 heterocycles. The van der Waals surface area contributed by atoms with Crippen LogP contribution in [0.15, 0.2) is 51.5 Å². The standard InChI is InChI=1S/C15H14ClN3O2/c1-11-17-18-15(21-11)10-19(9-14-6-3-7-20-14)13-5-2-4-12(16)8-13/h2-8H,9-10H2,1H3. The van der Waals surface area contributed by atoms with Gasteiger partial charge in [-0.15, -0.1) is 10.2 Å². The lowest BCUT2D eigenvalue weighted by molar-refractivity contribution is 0.451.